The van der Waals surface area contributed by atoms with Crippen LogP contribution in [-0.2, 0) is 9.53 Å². The first kappa shape index (κ1) is 13.2. The highest BCUT2D eigenvalue weighted by Gasteiger charge is 2.47. The number of esters is 1. The first-order valence-corrected chi connectivity index (χ1v) is 5.35. The molecule has 96 valence electrons. The third kappa shape index (κ3) is 2.59. The van der Waals surface area contributed by atoms with Gasteiger partial charge in [-0.3, -0.25) is 0 Å². The fourth-order valence-corrected chi connectivity index (χ4v) is 1.90. The second-order valence-corrected chi connectivity index (χ2v) is 4.31. The molecule has 1 atom stereocenters. The first-order chi connectivity index (χ1) is 8.27. The van der Waals surface area contributed by atoms with Crippen LogP contribution in [0.15, 0.2) is 23.2 Å². The van der Waals surface area contributed by atoms with Gasteiger partial charge in [0, 0.05) is 15.6 Å². The molecule has 0 amide bonds. The quantitative estimate of drug-likeness (QED) is 0.747. The number of halogens is 5. The van der Waals surface area contributed by atoms with E-state index >= 15 is 0 Å². The molecule has 0 bridgehead atoms. The number of hydrogen-bond donors (Lipinski definition) is 0. The van der Waals surface area contributed by atoms with Crippen LogP contribution >= 0.6 is 23.2 Å². The molecule has 0 aliphatic carbocycles. The van der Waals surface area contributed by atoms with Crippen LogP contribution in [0.5, 0.6) is 0 Å². The summed E-state index contributed by atoms with van der Waals surface area (Å²) in [5, 5.41) is 0.368. The van der Waals surface area contributed by atoms with Crippen LogP contribution in [0.25, 0.3) is 0 Å². The Bertz CT molecular complexity index is 522. The van der Waals surface area contributed by atoms with Gasteiger partial charge < -0.3 is 4.74 Å². The first-order valence-electron chi connectivity index (χ1n) is 4.59. The Hall–Kier alpha value is -1.27. The zero-order valence-electron chi connectivity index (χ0n) is 8.46. The predicted molar refractivity (Wildman–Crippen MR) is 58.9 cm³/mol. The number of cyclic esters (lactones) is 1. The van der Waals surface area contributed by atoms with E-state index in [1.54, 1.807) is 0 Å². The average molecular weight is 298 g/mol. The number of nitrogens with zero attached hydrogens (tertiary/aromatic N) is 1. The maximum Gasteiger partial charge on any atom is 0.447 e. The third-order valence-electron chi connectivity index (χ3n) is 2.07. The van der Waals surface area contributed by atoms with Gasteiger partial charge in [0.15, 0.2) is 5.71 Å². The second kappa shape index (κ2) is 4.44. The van der Waals surface area contributed by atoms with Gasteiger partial charge in [0.1, 0.15) is 0 Å². The lowest BCUT2D eigenvalue weighted by Gasteiger charge is -2.09. The number of hydrogen-bond acceptors (Lipinski definition) is 3. The van der Waals surface area contributed by atoms with E-state index in [0.29, 0.717) is 0 Å². The Labute approximate surface area is 109 Å². The summed E-state index contributed by atoms with van der Waals surface area (Å²) in [6.45, 7) is 0. The van der Waals surface area contributed by atoms with Crippen molar-refractivity contribution in [2.24, 2.45) is 4.99 Å². The van der Waals surface area contributed by atoms with Crippen molar-refractivity contribution in [1.82, 2.24) is 0 Å². The summed E-state index contributed by atoms with van der Waals surface area (Å²) in [6.07, 6.45) is -7.21. The topological polar surface area (TPSA) is 38.7 Å². The standard InChI is InChI=1S/C10H4Cl2F3NO2/c11-5-1-4(2-6(12)3-5)7-8(17)18-9(16-7)10(13,14)15/h1-3,9H. The lowest BCUT2D eigenvalue weighted by Crippen LogP contribution is -2.27. The van der Waals surface area contributed by atoms with E-state index in [9.17, 15) is 18.0 Å². The molecule has 18 heavy (non-hydrogen) atoms. The number of carbonyl (C=O) groups excluding carboxylic acids is 1. The molecule has 3 nitrogen and oxygen atoms in total. The van der Waals surface area contributed by atoms with Crippen molar-refractivity contribution in [1.29, 1.82) is 0 Å². The number of ether oxygens (including phenoxy) is 1. The molecule has 2 rings (SSSR count). The largest absolute Gasteiger partial charge is 0.447 e. The lowest BCUT2D eigenvalue weighted by molar-refractivity contribution is -0.210. The van der Waals surface area contributed by atoms with Crippen molar-refractivity contribution in [2.45, 2.75) is 12.4 Å². The molecule has 1 unspecified atom stereocenters. The van der Waals surface area contributed by atoms with Crippen molar-refractivity contribution in [3.05, 3.63) is 33.8 Å². The van der Waals surface area contributed by atoms with Gasteiger partial charge in [-0.2, -0.15) is 13.2 Å². The molecule has 8 heteroatoms. The van der Waals surface area contributed by atoms with Gasteiger partial charge in [-0.25, -0.2) is 9.79 Å². The zero-order chi connectivity index (χ0) is 13.5. The minimum atomic E-state index is -4.74. The third-order valence-corrected chi connectivity index (χ3v) is 2.51. The van der Waals surface area contributed by atoms with Crippen LogP contribution in [0.2, 0.25) is 10.0 Å². The Morgan fingerprint density at radius 3 is 2.17 bits per heavy atom. The lowest BCUT2D eigenvalue weighted by atomic mass is 10.1. The maximum absolute atomic E-state index is 12.3. The molecule has 0 saturated heterocycles. The van der Waals surface area contributed by atoms with E-state index in [-0.39, 0.29) is 15.6 Å². The Morgan fingerprint density at radius 1 is 1.17 bits per heavy atom. The SMILES string of the molecule is O=C1OC(C(F)(F)F)N=C1c1cc(Cl)cc(Cl)c1. The summed E-state index contributed by atoms with van der Waals surface area (Å²) >= 11 is 11.4. The van der Waals surface area contributed by atoms with Crippen LogP contribution in [0.4, 0.5) is 13.2 Å². The average Bonchev–Trinajstić information content (AvgIpc) is 2.58. The minimum Gasteiger partial charge on any atom is -0.425 e. The van der Waals surface area contributed by atoms with Gasteiger partial charge in [-0.15, -0.1) is 0 Å². The fraction of sp³-hybridized carbons (Fsp3) is 0.200. The molecular formula is C10H4Cl2F3NO2. The van der Waals surface area contributed by atoms with Crippen LogP contribution in [0, 0.1) is 0 Å². The molecular weight excluding hydrogens is 294 g/mol. The summed E-state index contributed by atoms with van der Waals surface area (Å²) in [7, 11) is 0. The van der Waals surface area contributed by atoms with E-state index in [0.717, 1.165) is 0 Å². The molecule has 0 N–H and O–H groups in total. The molecule has 0 fully saturated rings. The minimum absolute atomic E-state index is 0.0873. The highest BCUT2D eigenvalue weighted by atomic mass is 35.5. The van der Waals surface area contributed by atoms with Crippen LogP contribution in [0.1, 0.15) is 5.56 Å². The van der Waals surface area contributed by atoms with Crippen molar-refractivity contribution >= 4 is 34.9 Å². The second-order valence-electron chi connectivity index (χ2n) is 3.44. The number of carbonyl (C=O) groups is 1. The summed E-state index contributed by atoms with van der Waals surface area (Å²) in [6, 6.07) is 3.95. The smallest absolute Gasteiger partial charge is 0.425 e. The van der Waals surface area contributed by atoms with Crippen molar-refractivity contribution in [3.63, 3.8) is 0 Å². The number of rotatable bonds is 1. The molecule has 1 aliphatic rings. The zero-order valence-corrected chi connectivity index (χ0v) is 9.97. The molecule has 0 aromatic heterocycles. The fourth-order valence-electron chi connectivity index (χ4n) is 1.38. The van der Waals surface area contributed by atoms with E-state index in [1.807, 2.05) is 0 Å². The van der Waals surface area contributed by atoms with Crippen molar-refractivity contribution < 1.29 is 22.7 Å². The van der Waals surface area contributed by atoms with Gasteiger partial charge in [-0.1, -0.05) is 23.2 Å². The van der Waals surface area contributed by atoms with Gasteiger partial charge in [0.25, 0.3) is 6.23 Å². The monoisotopic (exact) mass is 297 g/mol. The van der Waals surface area contributed by atoms with Gasteiger partial charge in [0.05, 0.1) is 0 Å². The van der Waals surface area contributed by atoms with E-state index in [4.69, 9.17) is 23.2 Å². The van der Waals surface area contributed by atoms with Gasteiger partial charge >= 0.3 is 12.1 Å². The van der Waals surface area contributed by atoms with Crippen LogP contribution in [-0.4, -0.2) is 24.1 Å². The molecule has 1 aliphatic heterocycles. The Kier molecular flexibility index (Phi) is 3.25. The highest BCUT2D eigenvalue weighted by Crippen LogP contribution is 2.29. The molecule has 0 radical (unpaired) electrons. The molecule has 1 aromatic carbocycles. The van der Waals surface area contributed by atoms with Gasteiger partial charge in [0.2, 0.25) is 0 Å². The number of alkyl halides is 3. The predicted octanol–water partition coefficient (Wildman–Crippen LogP) is 3.23. The highest BCUT2D eigenvalue weighted by molar-refractivity contribution is 6.45. The van der Waals surface area contributed by atoms with Gasteiger partial charge in [-0.05, 0) is 18.2 Å². The van der Waals surface area contributed by atoms with E-state index < -0.39 is 24.1 Å². The number of benzene rings is 1. The summed E-state index contributed by atoms with van der Waals surface area (Å²) in [5.41, 5.74) is -0.356. The van der Waals surface area contributed by atoms with E-state index in [2.05, 4.69) is 9.73 Å². The molecule has 0 saturated carbocycles. The van der Waals surface area contributed by atoms with Crippen LogP contribution in [0.3, 0.4) is 0 Å². The number of aliphatic imine (C=N–C) groups is 1. The van der Waals surface area contributed by atoms with Crippen LogP contribution < -0.4 is 0 Å². The Morgan fingerprint density at radius 2 is 1.72 bits per heavy atom. The summed E-state index contributed by atoms with van der Waals surface area (Å²) in [4.78, 5) is 14.5. The van der Waals surface area contributed by atoms with Crippen molar-refractivity contribution in [3.8, 4) is 0 Å². The molecule has 0 spiro atoms. The summed E-state index contributed by atoms with van der Waals surface area (Å²) < 4.78 is 41.2. The Balaban J connectivity index is 2.41. The van der Waals surface area contributed by atoms with E-state index in [1.165, 1.54) is 18.2 Å². The molecule has 1 heterocycles. The molecule has 1 aromatic rings. The van der Waals surface area contributed by atoms with Crippen molar-refractivity contribution in [2.75, 3.05) is 0 Å². The summed E-state index contributed by atoms with van der Waals surface area (Å²) in [5.74, 6) is -1.16. The normalized spacial score (nSPS) is 19.7. The maximum atomic E-state index is 12.3.